The molecule has 2 aliphatic rings. The van der Waals surface area contributed by atoms with Crippen LogP contribution in [0.2, 0.25) is 0 Å². The minimum absolute atomic E-state index is 0.0388. The van der Waals surface area contributed by atoms with Gasteiger partial charge in [0.15, 0.2) is 0 Å². The first-order valence-corrected chi connectivity index (χ1v) is 7.60. The van der Waals surface area contributed by atoms with Crippen molar-refractivity contribution in [3.05, 3.63) is 63.2 Å². The van der Waals surface area contributed by atoms with E-state index in [2.05, 4.69) is 0 Å². The molecule has 1 unspecified atom stereocenters. The van der Waals surface area contributed by atoms with Crippen molar-refractivity contribution in [1.29, 1.82) is 0 Å². The van der Waals surface area contributed by atoms with E-state index in [0.717, 1.165) is 22.6 Å². The van der Waals surface area contributed by atoms with Gasteiger partial charge in [0.2, 0.25) is 0 Å². The highest BCUT2D eigenvalue weighted by atomic mass is 16.7. The maximum atomic E-state index is 11.0. The van der Waals surface area contributed by atoms with Gasteiger partial charge in [-0.05, 0) is 43.7 Å². The first-order chi connectivity index (χ1) is 11.4. The molecule has 0 amide bonds. The summed E-state index contributed by atoms with van der Waals surface area (Å²) in [7, 11) is 1.92. The van der Waals surface area contributed by atoms with Crippen molar-refractivity contribution in [2.75, 3.05) is 11.9 Å². The number of rotatable bonds is 1. The summed E-state index contributed by atoms with van der Waals surface area (Å²) in [6.07, 6.45) is 1.88. The van der Waals surface area contributed by atoms with Crippen molar-refractivity contribution in [2.24, 2.45) is 0 Å². The van der Waals surface area contributed by atoms with Crippen molar-refractivity contribution in [3.8, 4) is 11.5 Å². The van der Waals surface area contributed by atoms with Gasteiger partial charge in [-0.2, -0.15) is 0 Å². The Kier molecular flexibility index (Phi) is 2.87. The fraction of sp³-hybridized carbons (Fsp3) is 0.222. The number of aryl methyl sites for hydroxylation is 1. The van der Waals surface area contributed by atoms with Crippen LogP contribution in [0.25, 0.3) is 6.08 Å². The van der Waals surface area contributed by atoms with Crippen molar-refractivity contribution >= 4 is 17.5 Å². The summed E-state index contributed by atoms with van der Waals surface area (Å²) in [6.45, 7) is 3.93. The maximum Gasteiger partial charge on any atom is 0.363 e. The molecule has 0 radical (unpaired) electrons. The molecule has 0 saturated heterocycles. The van der Waals surface area contributed by atoms with Gasteiger partial charge in [-0.1, -0.05) is 6.07 Å². The molecule has 0 saturated carbocycles. The SMILES string of the molecule is CC1=Cc2cc([N+](=O)[O-])ccc2OC12Oc1ccc(C)cc1N2C. The van der Waals surface area contributed by atoms with Crippen LogP contribution >= 0.6 is 0 Å². The Morgan fingerprint density at radius 3 is 2.54 bits per heavy atom. The molecule has 0 fully saturated rings. The van der Waals surface area contributed by atoms with Gasteiger partial charge in [-0.3, -0.25) is 15.0 Å². The number of ether oxygens (including phenoxy) is 2. The highest BCUT2D eigenvalue weighted by molar-refractivity contribution is 5.72. The minimum Gasteiger partial charge on any atom is -0.431 e. The van der Waals surface area contributed by atoms with Gasteiger partial charge in [-0.25, -0.2) is 0 Å². The van der Waals surface area contributed by atoms with Crippen LogP contribution < -0.4 is 14.4 Å². The molecule has 0 bridgehead atoms. The van der Waals surface area contributed by atoms with Crippen molar-refractivity contribution in [3.63, 3.8) is 0 Å². The molecule has 0 aliphatic carbocycles. The molecule has 2 aromatic rings. The number of hydrogen-bond acceptors (Lipinski definition) is 5. The van der Waals surface area contributed by atoms with E-state index in [1.165, 1.54) is 12.1 Å². The number of nitrogens with zero attached hydrogens (tertiary/aromatic N) is 2. The molecule has 2 aliphatic heterocycles. The summed E-state index contributed by atoms with van der Waals surface area (Å²) >= 11 is 0. The number of hydrogen-bond donors (Lipinski definition) is 0. The molecule has 4 rings (SSSR count). The molecule has 6 heteroatoms. The normalized spacial score (nSPS) is 20.8. The van der Waals surface area contributed by atoms with E-state index < -0.39 is 10.8 Å². The Balaban J connectivity index is 1.80. The number of likely N-dealkylation sites (N-methyl/N-ethyl adjacent to an activating group) is 1. The van der Waals surface area contributed by atoms with Gasteiger partial charge in [-0.15, -0.1) is 0 Å². The lowest BCUT2D eigenvalue weighted by atomic mass is 10.0. The number of nitro groups is 1. The number of benzene rings is 2. The first kappa shape index (κ1) is 14.6. The second-order valence-corrected chi connectivity index (χ2v) is 6.12. The number of anilines is 1. The van der Waals surface area contributed by atoms with Gasteiger partial charge < -0.3 is 9.47 Å². The number of fused-ring (bicyclic) bond motifs is 2. The molecule has 2 aromatic carbocycles. The lowest BCUT2D eigenvalue weighted by molar-refractivity contribution is -0.384. The fourth-order valence-corrected chi connectivity index (χ4v) is 3.20. The van der Waals surface area contributed by atoms with Crippen LogP contribution in [0.4, 0.5) is 11.4 Å². The van der Waals surface area contributed by atoms with Gasteiger partial charge in [0, 0.05) is 30.3 Å². The summed E-state index contributed by atoms with van der Waals surface area (Å²) < 4.78 is 12.3. The van der Waals surface area contributed by atoms with Gasteiger partial charge in [0.25, 0.3) is 5.69 Å². The molecule has 1 atom stereocenters. The van der Waals surface area contributed by atoms with Crippen LogP contribution in [0.5, 0.6) is 11.5 Å². The lowest BCUT2D eigenvalue weighted by Gasteiger charge is -2.38. The van der Waals surface area contributed by atoms with Gasteiger partial charge >= 0.3 is 5.91 Å². The quantitative estimate of drug-likeness (QED) is 0.588. The average Bonchev–Trinajstić information content (AvgIpc) is 2.81. The van der Waals surface area contributed by atoms with Crippen LogP contribution in [-0.4, -0.2) is 17.9 Å². The predicted octanol–water partition coefficient (Wildman–Crippen LogP) is 3.88. The highest BCUT2D eigenvalue weighted by Crippen LogP contribution is 2.48. The van der Waals surface area contributed by atoms with Crippen LogP contribution in [0.1, 0.15) is 18.1 Å². The van der Waals surface area contributed by atoms with E-state index in [1.54, 1.807) is 6.07 Å². The summed E-state index contributed by atoms with van der Waals surface area (Å²) in [5, 5.41) is 11.0. The Labute approximate surface area is 139 Å². The Bertz CT molecular complexity index is 906. The van der Waals surface area contributed by atoms with E-state index in [-0.39, 0.29) is 5.69 Å². The molecule has 0 N–H and O–H groups in total. The van der Waals surface area contributed by atoms with Crippen molar-refractivity contribution in [1.82, 2.24) is 0 Å². The number of nitro benzene ring substituents is 1. The molecule has 6 nitrogen and oxygen atoms in total. The molecule has 0 aromatic heterocycles. The summed E-state index contributed by atoms with van der Waals surface area (Å²) in [6, 6.07) is 10.5. The second-order valence-electron chi connectivity index (χ2n) is 6.12. The summed E-state index contributed by atoms with van der Waals surface area (Å²) in [5.41, 5.74) is 3.63. The summed E-state index contributed by atoms with van der Waals surface area (Å²) in [5.74, 6) is 0.253. The smallest absolute Gasteiger partial charge is 0.363 e. The van der Waals surface area contributed by atoms with Crippen LogP contribution in [0.3, 0.4) is 0 Å². The zero-order chi connectivity index (χ0) is 17.1. The average molecular weight is 324 g/mol. The Hall–Kier alpha value is -3.02. The molecule has 122 valence electrons. The van der Waals surface area contributed by atoms with E-state index in [4.69, 9.17) is 9.47 Å². The largest absolute Gasteiger partial charge is 0.431 e. The molecular weight excluding hydrogens is 308 g/mol. The number of non-ortho nitro benzene ring substituents is 1. The molecule has 2 heterocycles. The maximum absolute atomic E-state index is 11.0. The standard InChI is InChI=1S/C18H16N2O4/c1-11-4-6-17-15(8-11)19(3)18(24-17)12(2)9-13-10-14(20(21)22)5-7-16(13)23-18/h4-10H,1-3H3. The second kappa shape index (κ2) is 4.74. The van der Waals surface area contributed by atoms with Crippen LogP contribution in [0, 0.1) is 17.0 Å². The predicted molar refractivity (Wildman–Crippen MR) is 90.3 cm³/mol. The molecule has 1 spiro atoms. The molecular formula is C18H16N2O4. The Morgan fingerprint density at radius 1 is 1.08 bits per heavy atom. The van der Waals surface area contributed by atoms with Crippen LogP contribution in [0.15, 0.2) is 42.0 Å². The minimum atomic E-state index is -1.06. The van der Waals surface area contributed by atoms with Crippen molar-refractivity contribution in [2.45, 2.75) is 19.8 Å². The van der Waals surface area contributed by atoms with Crippen LogP contribution in [-0.2, 0) is 0 Å². The lowest BCUT2D eigenvalue weighted by Crippen LogP contribution is -2.54. The van der Waals surface area contributed by atoms with E-state index in [9.17, 15) is 10.1 Å². The zero-order valence-corrected chi connectivity index (χ0v) is 13.6. The summed E-state index contributed by atoms with van der Waals surface area (Å²) in [4.78, 5) is 12.5. The van der Waals surface area contributed by atoms with Crippen molar-refractivity contribution < 1.29 is 14.4 Å². The third kappa shape index (κ3) is 1.89. The molecule has 24 heavy (non-hydrogen) atoms. The zero-order valence-electron chi connectivity index (χ0n) is 13.6. The van der Waals surface area contributed by atoms with E-state index in [0.29, 0.717) is 11.3 Å². The van der Waals surface area contributed by atoms with E-state index in [1.807, 2.05) is 50.1 Å². The third-order valence-corrected chi connectivity index (χ3v) is 4.49. The first-order valence-electron chi connectivity index (χ1n) is 7.60. The Morgan fingerprint density at radius 2 is 1.79 bits per heavy atom. The highest BCUT2D eigenvalue weighted by Gasteiger charge is 2.50. The van der Waals surface area contributed by atoms with E-state index >= 15 is 0 Å². The fourth-order valence-electron chi connectivity index (χ4n) is 3.20. The van der Waals surface area contributed by atoms with Gasteiger partial charge in [0.1, 0.15) is 11.5 Å². The van der Waals surface area contributed by atoms with Gasteiger partial charge in [0.05, 0.1) is 10.6 Å². The third-order valence-electron chi connectivity index (χ3n) is 4.49. The topological polar surface area (TPSA) is 64.8 Å². The monoisotopic (exact) mass is 324 g/mol.